The molecule has 2 aromatic rings. The normalized spacial score (nSPS) is 11.0. The molecule has 9 heteroatoms. The maximum absolute atomic E-state index is 11.7. The molecule has 0 fully saturated rings. The topological polar surface area (TPSA) is 119 Å². The fourth-order valence-electron chi connectivity index (χ4n) is 2.51. The Labute approximate surface area is 169 Å². The summed E-state index contributed by atoms with van der Waals surface area (Å²) < 4.78 is 15.2. The van der Waals surface area contributed by atoms with Crippen molar-refractivity contribution >= 4 is 28.9 Å². The standard InChI is InChI=1S/C20H27N3O6/c1-20(2,3)29-19(26)21-8-7-13-10-22-16-6-5-14(9-15(13)16)28-12-17(24)23-11-18(25)27-4/h5-6,9-10,22H,7-8,11-12H2,1-4H3,(H,21,26)(H,23,24). The van der Waals surface area contributed by atoms with Gasteiger partial charge in [-0.1, -0.05) is 0 Å². The molecule has 0 aliphatic rings. The van der Waals surface area contributed by atoms with Crippen molar-refractivity contribution in [1.82, 2.24) is 15.6 Å². The minimum Gasteiger partial charge on any atom is -0.484 e. The molecule has 0 saturated carbocycles. The van der Waals surface area contributed by atoms with E-state index in [2.05, 4.69) is 20.4 Å². The van der Waals surface area contributed by atoms with Crippen LogP contribution in [0.15, 0.2) is 24.4 Å². The van der Waals surface area contributed by atoms with Gasteiger partial charge < -0.3 is 29.8 Å². The highest BCUT2D eigenvalue weighted by atomic mass is 16.6. The van der Waals surface area contributed by atoms with E-state index in [9.17, 15) is 14.4 Å². The lowest BCUT2D eigenvalue weighted by Crippen LogP contribution is -2.33. The van der Waals surface area contributed by atoms with Gasteiger partial charge in [-0.05, 0) is 51.0 Å². The van der Waals surface area contributed by atoms with E-state index >= 15 is 0 Å². The van der Waals surface area contributed by atoms with Gasteiger partial charge in [0, 0.05) is 23.6 Å². The van der Waals surface area contributed by atoms with Gasteiger partial charge in [0.2, 0.25) is 0 Å². The van der Waals surface area contributed by atoms with E-state index in [1.807, 2.05) is 39.1 Å². The quantitative estimate of drug-likeness (QED) is 0.577. The number of fused-ring (bicyclic) bond motifs is 1. The summed E-state index contributed by atoms with van der Waals surface area (Å²) in [5.41, 5.74) is 1.37. The fourth-order valence-corrected chi connectivity index (χ4v) is 2.51. The van der Waals surface area contributed by atoms with Crippen LogP contribution in [-0.2, 0) is 25.5 Å². The Kier molecular flexibility index (Phi) is 7.46. The summed E-state index contributed by atoms with van der Waals surface area (Å²) in [6, 6.07) is 5.42. The molecule has 0 saturated heterocycles. The molecule has 0 aliphatic carbocycles. The lowest BCUT2D eigenvalue weighted by Gasteiger charge is -2.19. The van der Waals surface area contributed by atoms with Crippen LogP contribution in [0.4, 0.5) is 4.79 Å². The number of amides is 2. The molecule has 2 rings (SSSR count). The lowest BCUT2D eigenvalue weighted by atomic mass is 10.1. The van der Waals surface area contributed by atoms with Crippen molar-refractivity contribution in [3.8, 4) is 5.75 Å². The summed E-state index contributed by atoms with van der Waals surface area (Å²) in [5.74, 6) is -0.435. The monoisotopic (exact) mass is 405 g/mol. The number of esters is 1. The van der Waals surface area contributed by atoms with Crippen LogP contribution in [0, 0.1) is 0 Å². The van der Waals surface area contributed by atoms with Gasteiger partial charge in [-0.3, -0.25) is 9.59 Å². The van der Waals surface area contributed by atoms with Crippen molar-refractivity contribution in [3.05, 3.63) is 30.0 Å². The molecule has 0 unspecified atom stereocenters. The summed E-state index contributed by atoms with van der Waals surface area (Å²) in [5, 5.41) is 6.07. The molecular formula is C20H27N3O6. The third-order valence-corrected chi connectivity index (χ3v) is 3.83. The van der Waals surface area contributed by atoms with E-state index in [1.54, 1.807) is 6.07 Å². The molecule has 0 radical (unpaired) electrons. The maximum Gasteiger partial charge on any atom is 0.407 e. The number of H-pyrrole nitrogens is 1. The largest absolute Gasteiger partial charge is 0.484 e. The number of benzene rings is 1. The maximum atomic E-state index is 11.7. The number of alkyl carbamates (subject to hydrolysis) is 1. The van der Waals surface area contributed by atoms with Crippen LogP contribution in [0.3, 0.4) is 0 Å². The Bertz CT molecular complexity index is 869. The van der Waals surface area contributed by atoms with Crippen molar-refractivity contribution in [3.63, 3.8) is 0 Å². The molecule has 158 valence electrons. The van der Waals surface area contributed by atoms with Gasteiger partial charge in [0.25, 0.3) is 5.91 Å². The first-order chi connectivity index (χ1) is 13.7. The van der Waals surface area contributed by atoms with Crippen molar-refractivity contribution < 1.29 is 28.6 Å². The Morgan fingerprint density at radius 3 is 2.59 bits per heavy atom. The third kappa shape index (κ3) is 7.36. The van der Waals surface area contributed by atoms with Crippen LogP contribution in [0.25, 0.3) is 10.9 Å². The number of ether oxygens (including phenoxy) is 3. The highest BCUT2D eigenvalue weighted by molar-refractivity contribution is 5.85. The van der Waals surface area contributed by atoms with Crippen LogP contribution >= 0.6 is 0 Å². The van der Waals surface area contributed by atoms with Gasteiger partial charge in [-0.2, -0.15) is 0 Å². The molecule has 0 aliphatic heterocycles. The fraction of sp³-hybridized carbons (Fsp3) is 0.450. The van der Waals surface area contributed by atoms with Gasteiger partial charge in [0.1, 0.15) is 17.9 Å². The Balaban J connectivity index is 1.90. The van der Waals surface area contributed by atoms with E-state index in [1.165, 1.54) is 7.11 Å². The van der Waals surface area contributed by atoms with E-state index in [4.69, 9.17) is 9.47 Å². The predicted molar refractivity (Wildman–Crippen MR) is 107 cm³/mol. The van der Waals surface area contributed by atoms with Crippen LogP contribution < -0.4 is 15.4 Å². The van der Waals surface area contributed by atoms with Crippen LogP contribution in [-0.4, -0.2) is 55.4 Å². The second kappa shape index (κ2) is 9.81. The number of nitrogens with one attached hydrogen (secondary N) is 3. The van der Waals surface area contributed by atoms with Gasteiger partial charge in [-0.25, -0.2) is 4.79 Å². The van der Waals surface area contributed by atoms with Crippen LogP contribution in [0.2, 0.25) is 0 Å². The van der Waals surface area contributed by atoms with E-state index < -0.39 is 23.6 Å². The van der Waals surface area contributed by atoms with E-state index in [0.29, 0.717) is 18.7 Å². The summed E-state index contributed by atoms with van der Waals surface area (Å²) in [4.78, 5) is 37.7. The summed E-state index contributed by atoms with van der Waals surface area (Å²) in [6.07, 6.45) is 2.01. The molecule has 3 N–H and O–H groups in total. The van der Waals surface area contributed by atoms with Crippen molar-refractivity contribution in [1.29, 1.82) is 0 Å². The lowest BCUT2D eigenvalue weighted by molar-refractivity contribution is -0.141. The van der Waals surface area contributed by atoms with Gasteiger partial charge in [0.05, 0.1) is 7.11 Å². The number of aromatic amines is 1. The number of carbonyl (C=O) groups is 3. The van der Waals surface area contributed by atoms with Gasteiger partial charge in [0.15, 0.2) is 6.61 Å². The predicted octanol–water partition coefficient (Wildman–Crippen LogP) is 1.90. The van der Waals surface area contributed by atoms with E-state index in [-0.39, 0.29) is 13.2 Å². The number of methoxy groups -OCH3 is 1. The van der Waals surface area contributed by atoms with Crippen molar-refractivity contribution in [2.75, 3.05) is 26.8 Å². The molecule has 0 spiro atoms. The highest BCUT2D eigenvalue weighted by Gasteiger charge is 2.16. The van der Waals surface area contributed by atoms with E-state index in [0.717, 1.165) is 16.5 Å². The second-order valence-electron chi connectivity index (χ2n) is 7.34. The summed E-state index contributed by atoms with van der Waals surface area (Å²) in [7, 11) is 1.25. The summed E-state index contributed by atoms with van der Waals surface area (Å²) >= 11 is 0. The molecular weight excluding hydrogens is 378 g/mol. The molecule has 0 atom stereocenters. The first-order valence-electron chi connectivity index (χ1n) is 9.21. The molecule has 1 aromatic heterocycles. The molecule has 9 nitrogen and oxygen atoms in total. The number of rotatable bonds is 8. The average molecular weight is 405 g/mol. The molecule has 29 heavy (non-hydrogen) atoms. The van der Waals surface area contributed by atoms with Gasteiger partial charge in [-0.15, -0.1) is 0 Å². The van der Waals surface area contributed by atoms with Crippen LogP contribution in [0.5, 0.6) is 5.75 Å². The Hall–Kier alpha value is -3.23. The summed E-state index contributed by atoms with van der Waals surface area (Å²) in [6.45, 7) is 5.42. The second-order valence-corrected chi connectivity index (χ2v) is 7.34. The first-order valence-corrected chi connectivity index (χ1v) is 9.21. The van der Waals surface area contributed by atoms with Crippen LogP contribution in [0.1, 0.15) is 26.3 Å². The molecule has 1 aromatic carbocycles. The Morgan fingerprint density at radius 1 is 1.14 bits per heavy atom. The number of aromatic nitrogens is 1. The first kappa shape index (κ1) is 22.1. The van der Waals surface area contributed by atoms with Gasteiger partial charge >= 0.3 is 12.1 Å². The number of carbonyl (C=O) groups excluding carboxylic acids is 3. The molecule has 2 amide bonds. The number of hydrogen-bond acceptors (Lipinski definition) is 6. The molecule has 1 heterocycles. The highest BCUT2D eigenvalue weighted by Crippen LogP contribution is 2.24. The molecule has 0 bridgehead atoms. The zero-order valence-corrected chi connectivity index (χ0v) is 17.1. The number of hydrogen-bond donors (Lipinski definition) is 3. The SMILES string of the molecule is COC(=O)CNC(=O)COc1ccc2[nH]cc(CCNC(=O)OC(C)(C)C)c2c1. The smallest absolute Gasteiger partial charge is 0.407 e. The minimum atomic E-state index is -0.541. The van der Waals surface area contributed by atoms with Crippen molar-refractivity contribution in [2.45, 2.75) is 32.8 Å². The third-order valence-electron chi connectivity index (χ3n) is 3.83. The Morgan fingerprint density at radius 2 is 1.90 bits per heavy atom. The zero-order chi connectivity index (χ0) is 21.4. The minimum absolute atomic E-state index is 0.204. The zero-order valence-electron chi connectivity index (χ0n) is 17.1. The average Bonchev–Trinajstić information content (AvgIpc) is 3.05. The van der Waals surface area contributed by atoms with Crippen molar-refractivity contribution in [2.24, 2.45) is 0 Å².